The minimum atomic E-state index is -2.06. The third-order valence-electron chi connectivity index (χ3n) is 7.07. The smallest absolute Gasteiger partial charge is 0.187 e. The fourth-order valence-corrected chi connectivity index (χ4v) is 4.64. The van der Waals surface area contributed by atoms with Gasteiger partial charge in [-0.3, -0.25) is 0 Å². The Morgan fingerprint density at radius 1 is 0.853 bits per heavy atom. The normalized spacial score (nSPS) is 54.4. The minimum absolute atomic E-state index is 0.643. The Kier molecular flexibility index (Phi) is 8.88. The van der Waals surface area contributed by atoms with Gasteiger partial charge in [0.25, 0.3) is 0 Å². The Hall–Kier alpha value is -0.600. The first-order valence-corrected chi connectivity index (χ1v) is 11.1. The van der Waals surface area contributed by atoms with Crippen LogP contribution in [-0.4, -0.2) is 152 Å². The maximum atomic E-state index is 11.1. The van der Waals surface area contributed by atoms with Crippen LogP contribution >= 0.6 is 0 Å². The van der Waals surface area contributed by atoms with Gasteiger partial charge in [0.1, 0.15) is 48.3 Å². The molecule has 200 valence electrons. The molecule has 15 atom stereocenters. The van der Waals surface area contributed by atoms with Crippen LogP contribution in [0.5, 0.6) is 0 Å². The zero-order chi connectivity index (χ0) is 25.5. The molecule has 3 rings (SSSR count). The first-order chi connectivity index (χ1) is 15.9. The highest BCUT2D eigenvalue weighted by Gasteiger charge is 2.59. The summed E-state index contributed by atoms with van der Waals surface area (Å²) in [6.07, 6.45) is -15.5. The van der Waals surface area contributed by atoms with Crippen LogP contribution in [0.15, 0.2) is 0 Å². The molecule has 2 aliphatic heterocycles. The van der Waals surface area contributed by atoms with Gasteiger partial charge in [0, 0.05) is 0 Å². The van der Waals surface area contributed by atoms with Gasteiger partial charge in [0.05, 0.1) is 43.5 Å². The summed E-state index contributed by atoms with van der Waals surface area (Å²) in [4.78, 5) is 0. The van der Waals surface area contributed by atoms with E-state index in [9.17, 15) is 40.9 Å². The largest absolute Gasteiger partial charge is 0.394 e. The molecule has 15 nitrogen and oxygen atoms in total. The van der Waals surface area contributed by atoms with E-state index in [2.05, 4.69) is 5.32 Å². The summed E-state index contributed by atoms with van der Waals surface area (Å²) < 4.78 is 22.8. The maximum Gasteiger partial charge on any atom is 0.187 e. The Bertz CT molecular complexity index is 664. The van der Waals surface area contributed by atoms with E-state index in [0.29, 0.717) is 0 Å². The van der Waals surface area contributed by atoms with Crippen molar-refractivity contribution >= 4 is 0 Å². The molecular weight excluding hydrogens is 462 g/mol. The number of ether oxygens (including phenoxy) is 4. The number of rotatable bonds is 7. The average molecular weight is 500 g/mol. The standard InChI is InChI=1S/C19H37N3O12/c1-5-19(30,4-24)16(34-17-9(22-2)13(28)10(25)6(3-23)32-17)18(31-5)33-15-8(21)11(26)7(20)12(27)14(15)29/h5-18,22-30H,3-4,20-21H2,1-2H3/t5-,6-,7-,8+,9-,10-,11-,12+,13-,14-,15-,16-,17+,18-,19+/m0/s1. The minimum Gasteiger partial charge on any atom is -0.394 e. The van der Waals surface area contributed by atoms with Crippen molar-refractivity contribution in [1.29, 1.82) is 0 Å². The van der Waals surface area contributed by atoms with E-state index in [1.807, 2.05) is 0 Å². The van der Waals surface area contributed by atoms with Gasteiger partial charge < -0.3 is 76.6 Å². The second kappa shape index (κ2) is 10.8. The quantitative estimate of drug-likeness (QED) is 0.155. The first kappa shape index (κ1) is 28.0. The highest BCUT2D eigenvalue weighted by atomic mass is 16.8. The van der Waals surface area contributed by atoms with Crippen LogP contribution in [0.2, 0.25) is 0 Å². The van der Waals surface area contributed by atoms with Gasteiger partial charge in [0.2, 0.25) is 0 Å². The highest BCUT2D eigenvalue weighted by Crippen LogP contribution is 2.38. The molecule has 1 aliphatic carbocycles. The number of hydrogen-bond donors (Lipinski definition) is 11. The van der Waals surface area contributed by atoms with Crippen LogP contribution in [0, 0.1) is 0 Å². The number of likely N-dealkylation sites (N-methyl/N-ethyl adjacent to an activating group) is 1. The van der Waals surface area contributed by atoms with E-state index in [4.69, 9.17) is 30.4 Å². The highest BCUT2D eigenvalue weighted by molar-refractivity contribution is 5.06. The van der Waals surface area contributed by atoms with E-state index in [1.54, 1.807) is 0 Å². The number of aliphatic hydroxyl groups is 8. The van der Waals surface area contributed by atoms with Crippen molar-refractivity contribution in [1.82, 2.24) is 5.32 Å². The van der Waals surface area contributed by atoms with Gasteiger partial charge in [-0.25, -0.2) is 0 Å². The molecule has 34 heavy (non-hydrogen) atoms. The van der Waals surface area contributed by atoms with Gasteiger partial charge in [-0.1, -0.05) is 0 Å². The molecule has 3 fully saturated rings. The van der Waals surface area contributed by atoms with Crippen LogP contribution in [0.3, 0.4) is 0 Å². The molecule has 0 aromatic heterocycles. The summed E-state index contributed by atoms with van der Waals surface area (Å²) in [5.74, 6) is 0. The molecule has 0 bridgehead atoms. The van der Waals surface area contributed by atoms with Crippen LogP contribution < -0.4 is 16.8 Å². The first-order valence-electron chi connectivity index (χ1n) is 11.1. The lowest BCUT2D eigenvalue weighted by Crippen LogP contribution is -2.70. The molecule has 0 aromatic carbocycles. The lowest BCUT2D eigenvalue weighted by Gasteiger charge is -2.46. The van der Waals surface area contributed by atoms with E-state index >= 15 is 0 Å². The molecule has 3 aliphatic rings. The van der Waals surface area contributed by atoms with Crippen molar-refractivity contribution in [3.63, 3.8) is 0 Å². The van der Waals surface area contributed by atoms with Crippen molar-refractivity contribution in [2.75, 3.05) is 20.3 Å². The lowest BCUT2D eigenvalue weighted by atomic mass is 9.82. The number of nitrogens with two attached hydrogens (primary N) is 2. The summed E-state index contributed by atoms with van der Waals surface area (Å²) >= 11 is 0. The number of aliphatic hydroxyl groups excluding tert-OH is 7. The van der Waals surface area contributed by atoms with E-state index in [0.717, 1.165) is 0 Å². The van der Waals surface area contributed by atoms with Crippen molar-refractivity contribution in [3.8, 4) is 0 Å². The van der Waals surface area contributed by atoms with E-state index in [1.165, 1.54) is 14.0 Å². The number of nitrogens with one attached hydrogen (secondary N) is 1. The lowest BCUT2D eigenvalue weighted by molar-refractivity contribution is -0.317. The van der Waals surface area contributed by atoms with Crippen molar-refractivity contribution in [2.45, 2.75) is 98.2 Å². The van der Waals surface area contributed by atoms with Gasteiger partial charge >= 0.3 is 0 Å². The summed E-state index contributed by atoms with van der Waals surface area (Å²) in [6, 6.07) is -3.51. The van der Waals surface area contributed by atoms with E-state index in [-0.39, 0.29) is 0 Å². The zero-order valence-corrected chi connectivity index (χ0v) is 18.9. The van der Waals surface area contributed by atoms with Gasteiger partial charge in [0.15, 0.2) is 12.6 Å². The molecule has 0 spiro atoms. The Labute approximate surface area is 195 Å². The summed E-state index contributed by atoms with van der Waals surface area (Å²) in [6.45, 7) is -0.0612. The summed E-state index contributed by atoms with van der Waals surface area (Å²) in [5.41, 5.74) is 9.59. The molecule has 2 saturated heterocycles. The predicted molar refractivity (Wildman–Crippen MR) is 111 cm³/mol. The van der Waals surface area contributed by atoms with Crippen LogP contribution in [0.25, 0.3) is 0 Å². The van der Waals surface area contributed by atoms with Crippen LogP contribution in [0.1, 0.15) is 6.92 Å². The third kappa shape index (κ3) is 4.72. The average Bonchev–Trinajstić information content (AvgIpc) is 3.06. The predicted octanol–water partition coefficient (Wildman–Crippen LogP) is -7.00. The van der Waals surface area contributed by atoms with Gasteiger partial charge in [-0.2, -0.15) is 0 Å². The SMILES string of the molecule is CN[C@@H]1[C@@H](O[C@H]2[C@H](O[C@H]3[C@H](N)[C@@H](O)[C@H](N)[C@@H](O)[C@@H]3O)O[C@@H](C)[C@]2(O)CO)O[C@@H](CO)[C@H](O)[C@H]1O. The van der Waals surface area contributed by atoms with Gasteiger partial charge in [-0.15, -0.1) is 0 Å². The molecule has 0 unspecified atom stereocenters. The second-order valence-corrected chi connectivity index (χ2v) is 9.10. The van der Waals surface area contributed by atoms with Crippen molar-refractivity contribution in [3.05, 3.63) is 0 Å². The summed E-state index contributed by atoms with van der Waals surface area (Å²) in [5, 5.41) is 84.6. The van der Waals surface area contributed by atoms with Crippen molar-refractivity contribution in [2.24, 2.45) is 11.5 Å². The van der Waals surface area contributed by atoms with Gasteiger partial charge in [-0.05, 0) is 14.0 Å². The fraction of sp³-hybridized carbons (Fsp3) is 1.00. The molecule has 2 heterocycles. The fourth-order valence-electron chi connectivity index (χ4n) is 4.64. The Morgan fingerprint density at radius 3 is 2.06 bits per heavy atom. The van der Waals surface area contributed by atoms with Crippen LogP contribution in [-0.2, 0) is 18.9 Å². The molecule has 0 radical (unpaired) electrons. The maximum absolute atomic E-state index is 11.1. The molecule has 13 N–H and O–H groups in total. The topological polar surface area (TPSA) is 263 Å². The number of hydrogen-bond acceptors (Lipinski definition) is 15. The van der Waals surface area contributed by atoms with Crippen LogP contribution in [0.4, 0.5) is 0 Å². The molecule has 0 amide bonds. The second-order valence-electron chi connectivity index (χ2n) is 9.10. The third-order valence-corrected chi connectivity index (χ3v) is 7.07. The Balaban J connectivity index is 1.86. The monoisotopic (exact) mass is 499 g/mol. The molecule has 0 aromatic rings. The van der Waals surface area contributed by atoms with Crippen molar-refractivity contribution < 1.29 is 59.8 Å². The summed E-state index contributed by atoms with van der Waals surface area (Å²) in [7, 11) is 1.46. The molecule has 15 heteroatoms. The Morgan fingerprint density at radius 2 is 1.50 bits per heavy atom. The molecule has 1 saturated carbocycles. The molecular formula is C19H37N3O12. The zero-order valence-electron chi connectivity index (χ0n) is 18.9. The van der Waals surface area contributed by atoms with E-state index < -0.39 is 104 Å².